The number of carbonyl (C=O) groups is 3. The summed E-state index contributed by atoms with van der Waals surface area (Å²) in [6.07, 6.45) is -2.29. The van der Waals surface area contributed by atoms with E-state index < -0.39 is 36.4 Å². The van der Waals surface area contributed by atoms with Crippen LogP contribution in [0.4, 0.5) is 0 Å². The summed E-state index contributed by atoms with van der Waals surface area (Å²) in [6.45, 7) is 0. The molecule has 0 spiro atoms. The summed E-state index contributed by atoms with van der Waals surface area (Å²) in [5, 5.41) is 33.8. The fourth-order valence-corrected chi connectivity index (χ4v) is 0.714. The molecule has 0 aliphatic carbocycles. The van der Waals surface area contributed by atoms with Gasteiger partial charge in [0.05, 0.1) is 12.8 Å². The zero-order valence-corrected chi connectivity index (χ0v) is 8.43. The predicted molar refractivity (Wildman–Crippen MR) is 68.6 cm³/mol. The van der Waals surface area contributed by atoms with Crippen LogP contribution in [0.1, 0.15) is 12.8 Å². The van der Waals surface area contributed by atoms with E-state index >= 15 is 0 Å². The maximum atomic E-state index is 10.3. The molecule has 0 aliphatic heterocycles. The van der Waals surface area contributed by atoms with Crippen molar-refractivity contribution in [3.63, 3.8) is 0 Å². The van der Waals surface area contributed by atoms with Crippen molar-refractivity contribution < 1.29 is 56.7 Å². The Morgan fingerprint density at radius 1 is 0.737 bits per heavy atom. The van der Waals surface area contributed by atoms with Crippen molar-refractivity contribution in [3.05, 3.63) is 0 Å². The molecule has 0 aliphatic rings. The summed E-state index contributed by atoms with van der Waals surface area (Å²) in [5.74, 6) is -5.02. The molecular weight excluding hydrogens is 328 g/mol. The first kappa shape index (κ1) is 42.7. The van der Waals surface area contributed by atoms with Crippen LogP contribution in [0.5, 0.6) is 0 Å². The summed E-state index contributed by atoms with van der Waals surface area (Å²) >= 11 is 0. The van der Waals surface area contributed by atoms with E-state index in [1.54, 1.807) is 0 Å². The maximum absolute atomic E-state index is 10.3. The third kappa shape index (κ3) is 18.7. The second-order valence-corrected chi connectivity index (χ2v) is 2.48. The molecular formula is C6H20Ca2O11. The Labute approximate surface area is 166 Å². The molecule has 13 heteroatoms. The summed E-state index contributed by atoms with van der Waals surface area (Å²) < 4.78 is 0. The van der Waals surface area contributed by atoms with Crippen molar-refractivity contribution in [1.82, 2.24) is 0 Å². The average Bonchev–Trinajstić information content (AvgIpc) is 1.82. The van der Waals surface area contributed by atoms with Crippen LogP contribution in [0.2, 0.25) is 0 Å². The van der Waals surface area contributed by atoms with Gasteiger partial charge in [0.1, 0.15) is 0 Å². The normalized spacial score (nSPS) is 7.42. The average molecular weight is 348 g/mol. The van der Waals surface area contributed by atoms with Gasteiger partial charge >= 0.3 is 93.4 Å². The molecule has 0 rings (SSSR count). The van der Waals surface area contributed by atoms with Gasteiger partial charge in [-0.2, -0.15) is 0 Å². The topological polar surface area (TPSA) is 258 Å². The number of hydrogen-bond donors (Lipinski definition) is 4. The van der Waals surface area contributed by atoms with Crippen molar-refractivity contribution in [2.75, 3.05) is 0 Å². The number of hydrogen-bond acceptors (Lipinski definition) is 4. The van der Waals surface area contributed by atoms with Gasteiger partial charge in [-0.3, -0.25) is 9.59 Å². The number of carboxylic acid groups (broad SMARTS) is 3. The molecule has 0 atom stereocenters. The fourth-order valence-electron chi connectivity index (χ4n) is 0.714. The van der Waals surface area contributed by atoms with Crippen molar-refractivity contribution in [3.8, 4) is 0 Å². The van der Waals surface area contributed by atoms with Crippen LogP contribution >= 0.6 is 0 Å². The third-order valence-electron chi connectivity index (χ3n) is 1.29. The van der Waals surface area contributed by atoms with E-state index in [0.717, 1.165) is 0 Å². The van der Waals surface area contributed by atoms with Crippen LogP contribution in [0, 0.1) is 0 Å². The zero-order valence-electron chi connectivity index (χ0n) is 8.43. The Balaban J connectivity index is -0.0000000480. The number of aliphatic carboxylic acids is 3. The van der Waals surface area contributed by atoms with Crippen molar-refractivity contribution in [2.45, 2.75) is 18.4 Å². The number of carboxylic acids is 3. The van der Waals surface area contributed by atoms with E-state index in [0.29, 0.717) is 0 Å². The molecule has 0 saturated carbocycles. The molecule has 0 saturated heterocycles. The first-order valence-corrected chi connectivity index (χ1v) is 3.17. The zero-order chi connectivity index (χ0) is 10.6. The molecule has 19 heavy (non-hydrogen) atoms. The molecule has 0 aromatic heterocycles. The Kier molecular flexibility index (Phi) is 42.1. The SMILES string of the molecule is O.O.O.O.O=C(O)CC(O)(CC(=O)O)C(=O)O.[CaH2].[CaH2]. The standard InChI is InChI=1S/C6H8O7.2Ca.4H2O.4H/c7-3(8)1-6(13,5(11)12)2-4(9)10;;;;;;;;;;/h13H,1-2H2,(H,7,8)(H,9,10)(H,11,12);;;4*1H2;;;;. The molecule has 0 amide bonds. The number of rotatable bonds is 5. The second kappa shape index (κ2) is 18.7. The Bertz CT molecular complexity index is 240. The van der Waals surface area contributed by atoms with Gasteiger partial charge < -0.3 is 42.3 Å². The third-order valence-corrected chi connectivity index (χ3v) is 1.29. The molecule has 114 valence electrons. The van der Waals surface area contributed by atoms with E-state index in [2.05, 4.69) is 0 Å². The van der Waals surface area contributed by atoms with Crippen molar-refractivity contribution >= 4 is 93.4 Å². The van der Waals surface area contributed by atoms with E-state index in [1.165, 1.54) is 0 Å². The molecule has 0 unspecified atom stereocenters. The van der Waals surface area contributed by atoms with E-state index in [9.17, 15) is 14.4 Å². The van der Waals surface area contributed by atoms with Crippen LogP contribution in [0.15, 0.2) is 0 Å². The van der Waals surface area contributed by atoms with Gasteiger partial charge in [0.25, 0.3) is 0 Å². The van der Waals surface area contributed by atoms with Crippen molar-refractivity contribution in [2.24, 2.45) is 0 Å². The van der Waals surface area contributed by atoms with Gasteiger partial charge in [-0.15, -0.1) is 0 Å². The van der Waals surface area contributed by atoms with E-state index in [-0.39, 0.29) is 97.4 Å². The van der Waals surface area contributed by atoms with Crippen LogP contribution in [0.25, 0.3) is 0 Å². The molecule has 0 heterocycles. The van der Waals surface area contributed by atoms with Gasteiger partial charge in [0.2, 0.25) is 0 Å². The Morgan fingerprint density at radius 3 is 1.05 bits per heavy atom. The molecule has 0 fully saturated rings. The quantitative estimate of drug-likeness (QED) is 0.348. The molecule has 0 radical (unpaired) electrons. The summed E-state index contributed by atoms with van der Waals surface area (Å²) in [6, 6.07) is 0. The van der Waals surface area contributed by atoms with Gasteiger partial charge in [0, 0.05) is 0 Å². The Morgan fingerprint density at radius 2 is 0.947 bits per heavy atom. The van der Waals surface area contributed by atoms with Gasteiger partial charge in [-0.25, -0.2) is 4.79 Å². The second-order valence-electron chi connectivity index (χ2n) is 2.48. The molecule has 0 aromatic rings. The monoisotopic (exact) mass is 348 g/mol. The first-order valence-electron chi connectivity index (χ1n) is 3.17. The molecule has 11 nitrogen and oxygen atoms in total. The Hall–Kier alpha value is 0.729. The van der Waals surface area contributed by atoms with E-state index in [4.69, 9.17) is 20.4 Å². The van der Waals surface area contributed by atoms with Crippen LogP contribution in [0.3, 0.4) is 0 Å². The van der Waals surface area contributed by atoms with Gasteiger partial charge in [-0.05, 0) is 0 Å². The molecule has 0 aromatic carbocycles. The van der Waals surface area contributed by atoms with Crippen LogP contribution in [-0.2, 0) is 14.4 Å². The predicted octanol–water partition coefficient (Wildman–Crippen LogP) is -6.38. The fraction of sp³-hybridized carbons (Fsp3) is 0.500. The van der Waals surface area contributed by atoms with Gasteiger partial charge in [-0.1, -0.05) is 0 Å². The summed E-state index contributed by atoms with van der Waals surface area (Å²) in [7, 11) is 0. The van der Waals surface area contributed by atoms with Crippen LogP contribution < -0.4 is 0 Å². The van der Waals surface area contributed by atoms with Crippen molar-refractivity contribution in [1.29, 1.82) is 0 Å². The first-order chi connectivity index (χ1) is 5.78. The molecule has 0 bridgehead atoms. The van der Waals surface area contributed by atoms with Gasteiger partial charge in [0.15, 0.2) is 5.60 Å². The van der Waals surface area contributed by atoms with Crippen LogP contribution in [-0.4, -0.2) is 141 Å². The molecule has 12 N–H and O–H groups in total. The number of aliphatic hydroxyl groups is 1. The summed E-state index contributed by atoms with van der Waals surface area (Å²) in [4.78, 5) is 30.5. The summed E-state index contributed by atoms with van der Waals surface area (Å²) in [5.41, 5.74) is -2.74. The minimum atomic E-state index is -2.74. The minimum absolute atomic E-state index is 0. The van der Waals surface area contributed by atoms with E-state index in [1.807, 2.05) is 0 Å².